The van der Waals surface area contributed by atoms with E-state index in [-0.39, 0.29) is 12.1 Å². The van der Waals surface area contributed by atoms with E-state index in [0.29, 0.717) is 6.54 Å². The van der Waals surface area contributed by atoms with Crippen molar-refractivity contribution in [2.45, 2.75) is 39.8 Å². The number of aromatic nitrogens is 1. The van der Waals surface area contributed by atoms with Gasteiger partial charge in [0.1, 0.15) is 0 Å². The molecule has 2 N–H and O–H groups in total. The molecule has 0 saturated heterocycles. The summed E-state index contributed by atoms with van der Waals surface area (Å²) < 4.78 is 0. The van der Waals surface area contributed by atoms with Gasteiger partial charge in [-0.3, -0.25) is 0 Å². The molecule has 1 aromatic rings. The summed E-state index contributed by atoms with van der Waals surface area (Å²) in [4.78, 5) is 15.6. The summed E-state index contributed by atoms with van der Waals surface area (Å²) in [6, 6.07) is 0.0807. The summed E-state index contributed by atoms with van der Waals surface area (Å²) in [6.07, 6.45) is 0.934. The zero-order chi connectivity index (χ0) is 11.3. The van der Waals surface area contributed by atoms with Crippen molar-refractivity contribution in [2.75, 3.05) is 0 Å². The average Bonchev–Trinajstić information content (AvgIpc) is 2.61. The summed E-state index contributed by atoms with van der Waals surface area (Å²) in [5, 5.41) is 8.58. The van der Waals surface area contributed by atoms with E-state index in [1.54, 1.807) is 11.3 Å². The van der Waals surface area contributed by atoms with Crippen LogP contribution in [0.3, 0.4) is 0 Å². The number of rotatable bonds is 4. The molecule has 1 aromatic heterocycles. The van der Waals surface area contributed by atoms with Crippen molar-refractivity contribution in [3.63, 3.8) is 0 Å². The van der Waals surface area contributed by atoms with Gasteiger partial charge in [0.25, 0.3) is 0 Å². The van der Waals surface area contributed by atoms with Gasteiger partial charge in [0, 0.05) is 11.4 Å². The fraction of sp³-hybridized carbons (Fsp3) is 0.600. The zero-order valence-electron chi connectivity index (χ0n) is 9.33. The minimum atomic E-state index is -0.130. The SMILES string of the molecule is CC[C@@H](C)NC(=O)NCc1csc(C)n1. The molecule has 0 aliphatic rings. The van der Waals surface area contributed by atoms with E-state index in [9.17, 15) is 4.79 Å². The predicted octanol–water partition coefficient (Wildman–Crippen LogP) is 2.05. The van der Waals surface area contributed by atoms with E-state index in [1.807, 2.05) is 26.2 Å². The van der Waals surface area contributed by atoms with Crippen LogP contribution in [0, 0.1) is 6.92 Å². The molecule has 4 nitrogen and oxygen atoms in total. The van der Waals surface area contributed by atoms with Gasteiger partial charge < -0.3 is 10.6 Å². The lowest BCUT2D eigenvalue weighted by atomic mass is 10.3. The highest BCUT2D eigenvalue weighted by Gasteiger charge is 2.05. The van der Waals surface area contributed by atoms with E-state index in [4.69, 9.17) is 0 Å². The third kappa shape index (κ3) is 4.29. The summed E-state index contributed by atoms with van der Waals surface area (Å²) in [7, 11) is 0. The number of nitrogens with zero attached hydrogens (tertiary/aromatic N) is 1. The molecule has 0 spiro atoms. The van der Waals surface area contributed by atoms with Gasteiger partial charge in [0.05, 0.1) is 17.2 Å². The van der Waals surface area contributed by atoms with Gasteiger partial charge in [0.15, 0.2) is 0 Å². The molecular formula is C10H17N3OS. The van der Waals surface area contributed by atoms with Crippen LogP contribution >= 0.6 is 11.3 Å². The van der Waals surface area contributed by atoms with Crippen LogP contribution in [0.5, 0.6) is 0 Å². The molecule has 0 aliphatic carbocycles. The van der Waals surface area contributed by atoms with Crippen molar-refractivity contribution in [3.05, 3.63) is 16.1 Å². The lowest BCUT2D eigenvalue weighted by Gasteiger charge is -2.11. The molecule has 1 rings (SSSR count). The summed E-state index contributed by atoms with van der Waals surface area (Å²) in [5.74, 6) is 0. The normalized spacial score (nSPS) is 12.2. The van der Waals surface area contributed by atoms with Gasteiger partial charge in [-0.15, -0.1) is 11.3 Å². The lowest BCUT2D eigenvalue weighted by molar-refractivity contribution is 0.237. The molecule has 0 unspecified atom stereocenters. The molecule has 15 heavy (non-hydrogen) atoms. The van der Waals surface area contributed by atoms with Crippen LogP contribution < -0.4 is 10.6 Å². The van der Waals surface area contributed by atoms with Crippen LogP contribution in [0.2, 0.25) is 0 Å². The minimum absolute atomic E-state index is 0.130. The number of hydrogen-bond donors (Lipinski definition) is 2. The van der Waals surface area contributed by atoms with Crippen molar-refractivity contribution in [3.8, 4) is 0 Å². The van der Waals surface area contributed by atoms with Crippen molar-refractivity contribution in [2.24, 2.45) is 0 Å². The Bertz CT molecular complexity index is 324. The molecule has 5 heteroatoms. The van der Waals surface area contributed by atoms with Crippen LogP contribution in [0.1, 0.15) is 31.0 Å². The van der Waals surface area contributed by atoms with E-state index in [0.717, 1.165) is 17.1 Å². The lowest BCUT2D eigenvalue weighted by Crippen LogP contribution is -2.40. The van der Waals surface area contributed by atoms with Gasteiger partial charge in [-0.1, -0.05) is 6.92 Å². The number of urea groups is 1. The minimum Gasteiger partial charge on any atom is -0.336 e. The first kappa shape index (κ1) is 12.0. The second kappa shape index (κ2) is 5.70. The molecule has 0 bridgehead atoms. The number of amides is 2. The fourth-order valence-corrected chi connectivity index (χ4v) is 1.65. The molecule has 1 heterocycles. The Morgan fingerprint density at radius 1 is 1.67 bits per heavy atom. The van der Waals surface area contributed by atoms with Crippen LogP contribution in [0.15, 0.2) is 5.38 Å². The third-order valence-electron chi connectivity index (χ3n) is 2.09. The van der Waals surface area contributed by atoms with Gasteiger partial charge in [-0.05, 0) is 20.3 Å². The van der Waals surface area contributed by atoms with Crippen LogP contribution in [0.4, 0.5) is 4.79 Å². The molecule has 0 aromatic carbocycles. The van der Waals surface area contributed by atoms with Crippen molar-refractivity contribution in [1.29, 1.82) is 0 Å². The third-order valence-corrected chi connectivity index (χ3v) is 2.91. The van der Waals surface area contributed by atoms with E-state index in [1.165, 1.54) is 0 Å². The number of carbonyl (C=O) groups is 1. The number of carbonyl (C=O) groups excluding carboxylic acids is 1. The molecule has 1 atom stereocenters. The molecule has 0 aliphatic heterocycles. The van der Waals surface area contributed by atoms with Crippen molar-refractivity contribution in [1.82, 2.24) is 15.6 Å². The van der Waals surface area contributed by atoms with Gasteiger partial charge in [-0.25, -0.2) is 9.78 Å². The summed E-state index contributed by atoms with van der Waals surface area (Å²) in [6.45, 7) is 6.46. The number of hydrogen-bond acceptors (Lipinski definition) is 3. The average molecular weight is 227 g/mol. The monoisotopic (exact) mass is 227 g/mol. The first-order valence-electron chi connectivity index (χ1n) is 5.07. The molecular weight excluding hydrogens is 210 g/mol. The summed E-state index contributed by atoms with van der Waals surface area (Å²) >= 11 is 1.59. The van der Waals surface area contributed by atoms with Gasteiger partial charge in [0.2, 0.25) is 0 Å². The van der Waals surface area contributed by atoms with Crippen LogP contribution in [-0.4, -0.2) is 17.1 Å². The standard InChI is InChI=1S/C10H17N3OS/c1-4-7(2)12-10(14)11-5-9-6-15-8(3)13-9/h6-7H,4-5H2,1-3H3,(H2,11,12,14)/t7-/m1/s1. The Hall–Kier alpha value is -1.10. The number of nitrogens with one attached hydrogen (secondary N) is 2. The van der Waals surface area contributed by atoms with Crippen LogP contribution in [0.25, 0.3) is 0 Å². The Kier molecular flexibility index (Phi) is 4.55. The maximum absolute atomic E-state index is 11.3. The number of aryl methyl sites for hydroxylation is 1. The topological polar surface area (TPSA) is 54.0 Å². The number of thiazole rings is 1. The second-order valence-corrected chi connectivity index (χ2v) is 4.56. The van der Waals surface area contributed by atoms with Crippen molar-refractivity contribution >= 4 is 17.4 Å². The molecule has 84 valence electrons. The Balaban J connectivity index is 2.28. The Morgan fingerprint density at radius 3 is 2.93 bits per heavy atom. The van der Waals surface area contributed by atoms with Gasteiger partial charge >= 0.3 is 6.03 Å². The maximum Gasteiger partial charge on any atom is 0.315 e. The highest BCUT2D eigenvalue weighted by Crippen LogP contribution is 2.06. The summed E-state index contributed by atoms with van der Waals surface area (Å²) in [5.41, 5.74) is 0.914. The largest absolute Gasteiger partial charge is 0.336 e. The molecule has 0 radical (unpaired) electrons. The zero-order valence-corrected chi connectivity index (χ0v) is 10.1. The Morgan fingerprint density at radius 2 is 2.40 bits per heavy atom. The highest BCUT2D eigenvalue weighted by atomic mass is 32.1. The first-order valence-corrected chi connectivity index (χ1v) is 5.95. The fourth-order valence-electron chi connectivity index (χ4n) is 1.04. The molecule has 0 saturated carbocycles. The van der Waals surface area contributed by atoms with Crippen molar-refractivity contribution < 1.29 is 4.79 Å². The first-order chi connectivity index (χ1) is 7.11. The smallest absolute Gasteiger partial charge is 0.315 e. The van der Waals surface area contributed by atoms with Gasteiger partial charge in [-0.2, -0.15) is 0 Å². The van der Waals surface area contributed by atoms with E-state index in [2.05, 4.69) is 15.6 Å². The van der Waals surface area contributed by atoms with Crippen LogP contribution in [-0.2, 0) is 6.54 Å². The predicted molar refractivity (Wildman–Crippen MR) is 62.0 cm³/mol. The Labute approximate surface area is 94.1 Å². The highest BCUT2D eigenvalue weighted by molar-refractivity contribution is 7.09. The molecule has 0 fully saturated rings. The van der Waals surface area contributed by atoms with E-state index < -0.39 is 0 Å². The maximum atomic E-state index is 11.3. The quantitative estimate of drug-likeness (QED) is 0.827. The van der Waals surface area contributed by atoms with E-state index >= 15 is 0 Å². The molecule has 2 amide bonds. The second-order valence-electron chi connectivity index (χ2n) is 3.49.